The van der Waals surface area contributed by atoms with E-state index in [9.17, 15) is 10.5 Å². The zero-order valence-corrected chi connectivity index (χ0v) is 12.4. The first-order valence-electron chi connectivity index (χ1n) is 7.02. The van der Waals surface area contributed by atoms with Crippen molar-refractivity contribution in [1.82, 2.24) is 9.78 Å². The molecule has 0 unspecified atom stereocenters. The molecule has 6 heteroatoms. The van der Waals surface area contributed by atoms with Gasteiger partial charge in [-0.2, -0.15) is 5.10 Å². The summed E-state index contributed by atoms with van der Waals surface area (Å²) in [6.45, 7) is 1.69. The molecule has 0 saturated heterocycles. The van der Waals surface area contributed by atoms with Crippen LogP contribution in [-0.2, 0) is 0 Å². The quantitative estimate of drug-likeness (QED) is 0.423. The summed E-state index contributed by atoms with van der Waals surface area (Å²) in [6, 6.07) is 18.0. The van der Waals surface area contributed by atoms with Gasteiger partial charge in [-0.05, 0) is 30.5 Å². The van der Waals surface area contributed by atoms with Gasteiger partial charge in [0.25, 0.3) is 5.82 Å². The molecule has 6 nitrogen and oxygen atoms in total. The Balaban J connectivity index is 2.17. The number of para-hydroxylation sites is 1. The normalized spacial score (nSPS) is 11.2. The van der Waals surface area contributed by atoms with Gasteiger partial charge in [0, 0.05) is 0 Å². The Hall–Kier alpha value is -3.46. The number of diazo groups is 1. The van der Waals surface area contributed by atoms with Crippen LogP contribution in [0.3, 0.4) is 0 Å². The van der Waals surface area contributed by atoms with E-state index in [0.29, 0.717) is 11.3 Å². The van der Waals surface area contributed by atoms with Crippen LogP contribution in [-0.4, -0.2) is 15.7 Å². The number of aryl methyl sites for hydroxylation is 1. The zero-order valence-electron chi connectivity index (χ0n) is 12.4. The Morgan fingerprint density at radius 2 is 1.70 bits per heavy atom. The molecule has 1 heterocycles. The largest absolute Gasteiger partial charge is 0.858 e. The van der Waals surface area contributed by atoms with Crippen molar-refractivity contribution >= 4 is 17.4 Å². The maximum absolute atomic E-state index is 12.3. The molecule has 0 radical (unpaired) electrons. The lowest BCUT2D eigenvalue weighted by Gasteiger charge is -2.10. The minimum absolute atomic E-state index is 0.179. The molecule has 0 saturated carbocycles. The summed E-state index contributed by atoms with van der Waals surface area (Å²) in [4.78, 5) is 7.34. The van der Waals surface area contributed by atoms with Crippen LogP contribution < -0.4 is 5.11 Å². The number of benzene rings is 2. The van der Waals surface area contributed by atoms with Crippen molar-refractivity contribution < 1.29 is 5.11 Å². The van der Waals surface area contributed by atoms with Crippen molar-refractivity contribution in [3.8, 4) is 5.69 Å². The van der Waals surface area contributed by atoms with Gasteiger partial charge in [0.15, 0.2) is 10.7 Å². The summed E-state index contributed by atoms with van der Waals surface area (Å²) in [5, 5.41) is 25.9. The lowest BCUT2D eigenvalue weighted by Crippen LogP contribution is -2.18. The first-order chi connectivity index (χ1) is 11.2. The van der Waals surface area contributed by atoms with E-state index in [-0.39, 0.29) is 11.5 Å². The fraction of sp³-hybridized carbons (Fsp3) is 0.0588. The standard InChI is InChI=1S/C17H13N5O/c1-12-15(20-18)16(19-17(23)13-8-4-2-5-9-13)22(21-12)14-10-6-3-7-11-14/h2-11H,1H3. The molecule has 0 bridgehead atoms. The Bertz CT molecular complexity index is 892. The van der Waals surface area contributed by atoms with E-state index in [1.165, 1.54) is 4.68 Å². The minimum atomic E-state index is -0.424. The number of nitrogens with zero attached hydrogens (tertiary/aromatic N) is 5. The summed E-state index contributed by atoms with van der Waals surface area (Å²) >= 11 is 0. The Labute approximate surface area is 133 Å². The molecule has 0 amide bonds. The third kappa shape index (κ3) is 2.80. The summed E-state index contributed by atoms with van der Waals surface area (Å²) in [5.74, 6) is -0.224. The number of hydrogen-bond donors (Lipinski definition) is 0. The van der Waals surface area contributed by atoms with E-state index in [1.54, 1.807) is 31.2 Å². The van der Waals surface area contributed by atoms with Gasteiger partial charge in [-0.3, -0.25) is 0 Å². The first kappa shape index (κ1) is 14.5. The number of aliphatic imine (C=N–C) groups is 1. The predicted molar refractivity (Wildman–Crippen MR) is 85.7 cm³/mol. The predicted octanol–water partition coefficient (Wildman–Crippen LogP) is 3.10. The second-order valence-electron chi connectivity index (χ2n) is 4.89. The van der Waals surface area contributed by atoms with Crippen molar-refractivity contribution in [2.45, 2.75) is 6.92 Å². The second-order valence-corrected chi connectivity index (χ2v) is 4.89. The van der Waals surface area contributed by atoms with Gasteiger partial charge < -0.3 is 5.11 Å². The number of aromatic nitrogens is 2. The van der Waals surface area contributed by atoms with Crippen LogP contribution in [0.15, 0.2) is 65.7 Å². The molecule has 0 aliphatic heterocycles. The van der Waals surface area contributed by atoms with E-state index in [2.05, 4.69) is 15.1 Å². The average Bonchev–Trinajstić information content (AvgIpc) is 2.92. The second kappa shape index (κ2) is 6.12. The molecule has 23 heavy (non-hydrogen) atoms. The fourth-order valence-corrected chi connectivity index (χ4v) is 2.21. The van der Waals surface area contributed by atoms with Gasteiger partial charge in [-0.15, -0.1) is 0 Å². The van der Waals surface area contributed by atoms with E-state index >= 15 is 0 Å². The maximum Gasteiger partial charge on any atom is 0.451 e. The molecule has 112 valence electrons. The highest BCUT2D eigenvalue weighted by Gasteiger charge is 2.26. The van der Waals surface area contributed by atoms with E-state index in [1.807, 2.05) is 36.4 Å². The molecule has 0 spiro atoms. The Morgan fingerprint density at radius 3 is 2.30 bits per heavy atom. The van der Waals surface area contributed by atoms with E-state index in [0.717, 1.165) is 5.69 Å². The van der Waals surface area contributed by atoms with Crippen molar-refractivity contribution in [1.29, 1.82) is 5.39 Å². The lowest BCUT2D eigenvalue weighted by atomic mass is 10.2. The van der Waals surface area contributed by atoms with Crippen molar-refractivity contribution in [3.05, 3.63) is 76.9 Å². The van der Waals surface area contributed by atoms with Gasteiger partial charge in [0.1, 0.15) is 0 Å². The third-order valence-electron chi connectivity index (χ3n) is 3.33. The number of hydrogen-bond acceptors (Lipinski definition) is 4. The minimum Gasteiger partial charge on any atom is -0.858 e. The molecular formula is C17H13N5O. The molecule has 0 aliphatic rings. The first-order valence-corrected chi connectivity index (χ1v) is 7.02. The summed E-state index contributed by atoms with van der Waals surface area (Å²) in [6.07, 6.45) is 0. The van der Waals surface area contributed by atoms with Crippen LogP contribution in [0.5, 0.6) is 0 Å². The van der Waals surface area contributed by atoms with Crippen LogP contribution in [0.2, 0.25) is 0 Å². The van der Waals surface area contributed by atoms with Crippen LogP contribution in [0.25, 0.3) is 10.7 Å². The summed E-state index contributed by atoms with van der Waals surface area (Å²) in [5.41, 5.74) is 1.84. The lowest BCUT2D eigenvalue weighted by molar-refractivity contribution is -0.212. The Morgan fingerprint density at radius 1 is 1.09 bits per heavy atom. The van der Waals surface area contributed by atoms with Gasteiger partial charge in [-0.1, -0.05) is 48.5 Å². The van der Waals surface area contributed by atoms with Gasteiger partial charge in [-0.25, -0.2) is 9.67 Å². The molecular weight excluding hydrogens is 290 g/mol. The van der Waals surface area contributed by atoms with Crippen molar-refractivity contribution in [2.75, 3.05) is 0 Å². The number of rotatable bonds is 3. The van der Waals surface area contributed by atoms with E-state index in [4.69, 9.17) is 0 Å². The van der Waals surface area contributed by atoms with Gasteiger partial charge in [0.2, 0.25) is 5.39 Å². The smallest absolute Gasteiger partial charge is 0.451 e. The van der Waals surface area contributed by atoms with Crippen LogP contribution in [0.4, 0.5) is 11.5 Å². The van der Waals surface area contributed by atoms with Crippen LogP contribution >= 0.6 is 0 Å². The summed E-state index contributed by atoms with van der Waals surface area (Å²) < 4.78 is 1.49. The fourth-order valence-electron chi connectivity index (χ4n) is 2.21. The van der Waals surface area contributed by atoms with Crippen molar-refractivity contribution in [3.63, 3.8) is 0 Å². The summed E-state index contributed by atoms with van der Waals surface area (Å²) in [7, 11) is 0. The van der Waals surface area contributed by atoms with Gasteiger partial charge in [0.05, 0.1) is 5.69 Å². The molecule has 0 atom stereocenters. The zero-order chi connectivity index (χ0) is 16.2. The van der Waals surface area contributed by atoms with Crippen molar-refractivity contribution in [2.24, 2.45) is 4.99 Å². The molecule has 0 fully saturated rings. The molecule has 2 aromatic carbocycles. The van der Waals surface area contributed by atoms with Crippen LogP contribution in [0, 0.1) is 12.3 Å². The maximum atomic E-state index is 12.3. The highest BCUT2D eigenvalue weighted by molar-refractivity contribution is 5.93. The van der Waals surface area contributed by atoms with Gasteiger partial charge >= 0.3 is 5.69 Å². The topological polar surface area (TPSA) is 81.4 Å². The SMILES string of the molecule is Cc1nn(-c2ccccc2)c(N=C([O-])c2ccccc2)c1[N+]#N. The average molecular weight is 303 g/mol. The Kier molecular flexibility index (Phi) is 3.85. The molecule has 3 rings (SSSR count). The highest BCUT2D eigenvalue weighted by Crippen LogP contribution is 2.34. The highest BCUT2D eigenvalue weighted by atomic mass is 16.3. The monoisotopic (exact) mass is 303 g/mol. The molecule has 0 aliphatic carbocycles. The van der Waals surface area contributed by atoms with E-state index < -0.39 is 5.90 Å². The molecule has 3 aromatic rings. The van der Waals surface area contributed by atoms with Crippen LogP contribution in [0.1, 0.15) is 11.3 Å². The third-order valence-corrected chi connectivity index (χ3v) is 3.33. The molecule has 0 N–H and O–H groups in total. The molecule has 1 aromatic heterocycles.